The van der Waals surface area contributed by atoms with Gasteiger partial charge in [-0.3, -0.25) is 4.55 Å². The van der Waals surface area contributed by atoms with Crippen LogP contribution in [0.3, 0.4) is 0 Å². The topological polar surface area (TPSA) is 92.5 Å². The summed E-state index contributed by atoms with van der Waals surface area (Å²) in [5.41, 5.74) is 0. The first-order valence-corrected chi connectivity index (χ1v) is 2.25. The van der Waals surface area contributed by atoms with E-state index in [1.165, 1.54) is 0 Å². The number of hydrogen-bond acceptors (Lipinski definition) is 3. The SMILES string of the molecule is O=[N+]([O-])NS(=O)O. The number of hydrazine groups is 1. The van der Waals surface area contributed by atoms with Gasteiger partial charge < -0.3 is 0 Å². The second-order valence-electron chi connectivity index (χ2n) is 0.598. The van der Waals surface area contributed by atoms with E-state index in [9.17, 15) is 4.21 Å². The quantitative estimate of drug-likeness (QED) is 0.279. The van der Waals surface area contributed by atoms with Crippen LogP contribution in [-0.4, -0.2) is 13.8 Å². The predicted molar refractivity (Wildman–Crippen MR) is 20.9 cm³/mol. The normalized spacial score (nSPS) is 12.7. The molecule has 0 spiro atoms. The second-order valence-corrected chi connectivity index (χ2v) is 1.28. The molecule has 0 aromatic rings. The number of nitro groups is 1. The van der Waals surface area contributed by atoms with Crippen LogP contribution in [0.15, 0.2) is 0 Å². The lowest BCUT2D eigenvalue weighted by molar-refractivity contribution is -0.518. The van der Waals surface area contributed by atoms with Crippen LogP contribution in [0.1, 0.15) is 0 Å². The van der Waals surface area contributed by atoms with Crippen LogP contribution in [0.4, 0.5) is 0 Å². The Morgan fingerprint density at radius 1 is 1.86 bits per heavy atom. The van der Waals surface area contributed by atoms with E-state index in [0.29, 0.717) is 0 Å². The molecular weight excluding hydrogens is 124 g/mol. The van der Waals surface area contributed by atoms with E-state index in [4.69, 9.17) is 14.7 Å². The molecule has 0 aromatic heterocycles. The van der Waals surface area contributed by atoms with Gasteiger partial charge in [0.15, 0.2) is 5.03 Å². The molecule has 7 heavy (non-hydrogen) atoms. The fourth-order valence-electron chi connectivity index (χ4n) is 0.0638. The Bertz CT molecular complexity index is 85.9. The third-order valence-electron chi connectivity index (χ3n) is 0.153. The summed E-state index contributed by atoms with van der Waals surface area (Å²) in [4.78, 5) is 10.2. The fraction of sp³-hybridized carbons (Fsp3) is 0. The van der Waals surface area contributed by atoms with Crippen LogP contribution in [0, 0.1) is 10.1 Å². The largest absolute Gasteiger partial charge is 0.314 e. The molecule has 1 atom stereocenters. The van der Waals surface area contributed by atoms with Crippen molar-refractivity contribution in [3.05, 3.63) is 10.1 Å². The zero-order chi connectivity index (χ0) is 5.86. The standard InChI is InChI=1S/H2N2O4S/c3-2(4)1-7(5)6/h1H,(H,5,6). The summed E-state index contributed by atoms with van der Waals surface area (Å²) in [6, 6.07) is 0. The van der Waals surface area contributed by atoms with Gasteiger partial charge in [-0.25, -0.2) is 14.3 Å². The average Bonchev–Trinajstić information content (AvgIpc) is 1.27. The molecule has 0 aliphatic heterocycles. The highest BCUT2D eigenvalue weighted by atomic mass is 32.2. The maximum atomic E-state index is 9.37. The number of nitrogens with zero attached hydrogens (tertiary/aromatic N) is 1. The molecule has 0 radical (unpaired) electrons. The van der Waals surface area contributed by atoms with Gasteiger partial charge in [-0.1, -0.05) is 0 Å². The van der Waals surface area contributed by atoms with Crippen molar-refractivity contribution in [2.45, 2.75) is 0 Å². The summed E-state index contributed by atoms with van der Waals surface area (Å²) in [5.74, 6) is 0. The van der Waals surface area contributed by atoms with E-state index in [0.717, 1.165) is 4.83 Å². The number of rotatable bonds is 2. The smallest absolute Gasteiger partial charge is 0.286 e. The lowest BCUT2D eigenvalue weighted by atomic mass is 12.7. The molecule has 2 N–H and O–H groups in total. The molecule has 0 rings (SSSR count). The summed E-state index contributed by atoms with van der Waals surface area (Å²) in [5, 5.41) is 8.05. The van der Waals surface area contributed by atoms with Gasteiger partial charge in [-0.15, -0.1) is 0 Å². The zero-order valence-electron chi connectivity index (χ0n) is 3.03. The summed E-state index contributed by atoms with van der Waals surface area (Å²) >= 11 is -2.54. The van der Waals surface area contributed by atoms with Gasteiger partial charge in [-0.2, -0.15) is 0 Å². The van der Waals surface area contributed by atoms with Crippen molar-refractivity contribution in [2.24, 2.45) is 0 Å². The minimum atomic E-state index is -2.54. The van der Waals surface area contributed by atoms with Crippen LogP contribution in [0.5, 0.6) is 0 Å². The van der Waals surface area contributed by atoms with Crippen molar-refractivity contribution >= 4 is 11.3 Å². The molecular formula is H2N2O4S. The first kappa shape index (κ1) is 6.31. The maximum absolute atomic E-state index is 9.37. The van der Waals surface area contributed by atoms with Gasteiger partial charge >= 0.3 is 11.3 Å². The van der Waals surface area contributed by atoms with Gasteiger partial charge in [0.05, 0.1) is 0 Å². The molecule has 0 heterocycles. The highest BCUT2D eigenvalue weighted by molar-refractivity contribution is 7.76. The Hall–Kier alpha value is -0.690. The third kappa shape index (κ3) is 5.31. The molecule has 0 saturated carbocycles. The molecule has 6 nitrogen and oxygen atoms in total. The minimum Gasteiger partial charge on any atom is -0.286 e. The van der Waals surface area contributed by atoms with Gasteiger partial charge in [0.2, 0.25) is 0 Å². The molecule has 0 saturated heterocycles. The monoisotopic (exact) mass is 126 g/mol. The van der Waals surface area contributed by atoms with E-state index in [1.807, 2.05) is 0 Å². The van der Waals surface area contributed by atoms with Crippen molar-refractivity contribution in [3.63, 3.8) is 0 Å². The summed E-state index contributed by atoms with van der Waals surface area (Å²) in [7, 11) is 0. The minimum absolute atomic E-state index is 1.06. The van der Waals surface area contributed by atoms with Crippen LogP contribution in [-0.2, 0) is 11.3 Å². The molecule has 1 unspecified atom stereocenters. The van der Waals surface area contributed by atoms with Crippen LogP contribution < -0.4 is 4.83 Å². The van der Waals surface area contributed by atoms with Gasteiger partial charge in [-0.05, 0) is 4.83 Å². The first-order valence-electron chi connectivity index (χ1n) is 1.14. The summed E-state index contributed by atoms with van der Waals surface area (Å²) in [6.45, 7) is 0. The maximum Gasteiger partial charge on any atom is 0.314 e. The van der Waals surface area contributed by atoms with Gasteiger partial charge in [0.25, 0.3) is 0 Å². The average molecular weight is 126 g/mol. The van der Waals surface area contributed by atoms with Crippen molar-refractivity contribution < 1.29 is 13.8 Å². The van der Waals surface area contributed by atoms with Crippen LogP contribution >= 0.6 is 0 Å². The van der Waals surface area contributed by atoms with E-state index in [1.54, 1.807) is 0 Å². The van der Waals surface area contributed by atoms with Crippen molar-refractivity contribution in [3.8, 4) is 0 Å². The van der Waals surface area contributed by atoms with E-state index in [2.05, 4.69) is 0 Å². The van der Waals surface area contributed by atoms with Crippen LogP contribution in [0.25, 0.3) is 0 Å². The molecule has 0 amide bonds. The van der Waals surface area contributed by atoms with Crippen LogP contribution in [0.2, 0.25) is 0 Å². The van der Waals surface area contributed by atoms with Gasteiger partial charge in [0.1, 0.15) is 0 Å². The molecule has 0 aliphatic rings. The lowest BCUT2D eigenvalue weighted by Crippen LogP contribution is -2.22. The number of nitrogens with one attached hydrogen (secondary N) is 1. The molecule has 0 aromatic carbocycles. The van der Waals surface area contributed by atoms with Crippen molar-refractivity contribution in [1.29, 1.82) is 0 Å². The Morgan fingerprint density at radius 2 is 2.29 bits per heavy atom. The molecule has 0 fully saturated rings. The van der Waals surface area contributed by atoms with Gasteiger partial charge in [0, 0.05) is 0 Å². The molecule has 7 heteroatoms. The van der Waals surface area contributed by atoms with E-state index in [-0.39, 0.29) is 0 Å². The Labute approximate surface area is 41.1 Å². The Morgan fingerprint density at radius 3 is 2.29 bits per heavy atom. The zero-order valence-corrected chi connectivity index (χ0v) is 3.84. The summed E-state index contributed by atoms with van der Waals surface area (Å²) in [6.07, 6.45) is 0. The highest BCUT2D eigenvalue weighted by Gasteiger charge is 1.95. The Balaban J connectivity index is 3.32. The van der Waals surface area contributed by atoms with E-state index >= 15 is 0 Å². The van der Waals surface area contributed by atoms with Crippen molar-refractivity contribution in [2.75, 3.05) is 0 Å². The number of hydrogen-bond donors (Lipinski definition) is 2. The molecule has 0 bridgehead atoms. The predicted octanol–water partition coefficient (Wildman–Crippen LogP) is -1.10. The Kier molecular flexibility index (Phi) is 2.23. The lowest BCUT2D eigenvalue weighted by Gasteiger charge is -1.82. The fourth-order valence-corrected chi connectivity index (χ4v) is 0.191. The third-order valence-corrected chi connectivity index (χ3v) is 0.458. The highest BCUT2D eigenvalue weighted by Crippen LogP contribution is 1.59. The van der Waals surface area contributed by atoms with E-state index < -0.39 is 16.3 Å². The summed E-state index contributed by atoms with van der Waals surface area (Å²) < 4.78 is 17.0. The first-order chi connectivity index (χ1) is 3.13. The second kappa shape index (κ2) is 2.48. The molecule has 0 aliphatic carbocycles. The molecule has 42 valence electrons. The van der Waals surface area contributed by atoms with Crippen molar-refractivity contribution in [1.82, 2.24) is 4.83 Å².